The van der Waals surface area contributed by atoms with Gasteiger partial charge in [0.25, 0.3) is 0 Å². The average Bonchev–Trinajstić information content (AvgIpc) is 2.11. The van der Waals surface area contributed by atoms with E-state index < -0.39 is 0 Å². The minimum absolute atomic E-state index is 0.153. The molecule has 0 aromatic rings. The second-order valence-corrected chi connectivity index (χ2v) is 5.01. The summed E-state index contributed by atoms with van der Waals surface area (Å²) in [4.78, 5) is 13.8. The SMILES string of the molecule is C=CCN(C(=O)CC(C)CN)C(C)(C)C. The predicted octanol–water partition coefficient (Wildman–Crippen LogP) is 1.78. The van der Waals surface area contributed by atoms with Crippen molar-refractivity contribution >= 4 is 5.91 Å². The van der Waals surface area contributed by atoms with E-state index in [0.717, 1.165) is 0 Å². The van der Waals surface area contributed by atoms with Crippen LogP contribution in [-0.4, -0.2) is 29.4 Å². The highest BCUT2D eigenvalue weighted by Crippen LogP contribution is 2.16. The molecule has 0 bridgehead atoms. The molecule has 1 amide bonds. The third-order valence-electron chi connectivity index (χ3n) is 2.35. The fraction of sp³-hybridized carbons (Fsp3) is 0.750. The third-order valence-corrected chi connectivity index (χ3v) is 2.35. The summed E-state index contributed by atoms with van der Waals surface area (Å²) in [5, 5.41) is 0. The summed E-state index contributed by atoms with van der Waals surface area (Å²) >= 11 is 0. The maximum absolute atomic E-state index is 12.0. The van der Waals surface area contributed by atoms with E-state index in [1.54, 1.807) is 6.08 Å². The lowest BCUT2D eigenvalue weighted by molar-refractivity contribution is -0.136. The smallest absolute Gasteiger partial charge is 0.223 e. The van der Waals surface area contributed by atoms with Gasteiger partial charge in [-0.15, -0.1) is 6.58 Å². The first kappa shape index (κ1) is 14.2. The van der Waals surface area contributed by atoms with Crippen LogP contribution in [0.2, 0.25) is 0 Å². The lowest BCUT2D eigenvalue weighted by Gasteiger charge is -2.35. The van der Waals surface area contributed by atoms with Gasteiger partial charge in [0, 0.05) is 18.5 Å². The number of hydrogen-bond donors (Lipinski definition) is 1. The zero-order chi connectivity index (χ0) is 12.1. The molecule has 0 rings (SSSR count). The number of carbonyl (C=O) groups excluding carboxylic acids is 1. The Kier molecular flexibility index (Phi) is 5.58. The van der Waals surface area contributed by atoms with Crippen LogP contribution in [0.5, 0.6) is 0 Å². The summed E-state index contributed by atoms with van der Waals surface area (Å²) in [6.07, 6.45) is 2.28. The second kappa shape index (κ2) is 5.91. The molecule has 0 spiro atoms. The Morgan fingerprint density at radius 3 is 2.40 bits per heavy atom. The first-order chi connectivity index (χ1) is 6.82. The average molecular weight is 212 g/mol. The third kappa shape index (κ3) is 4.98. The molecule has 0 aliphatic carbocycles. The Hall–Kier alpha value is -0.830. The van der Waals surface area contributed by atoms with E-state index in [1.807, 2.05) is 32.6 Å². The Balaban J connectivity index is 4.49. The first-order valence-corrected chi connectivity index (χ1v) is 5.44. The van der Waals surface area contributed by atoms with E-state index in [1.165, 1.54) is 0 Å². The van der Waals surface area contributed by atoms with E-state index in [9.17, 15) is 4.79 Å². The van der Waals surface area contributed by atoms with Crippen molar-refractivity contribution in [1.29, 1.82) is 0 Å². The summed E-state index contributed by atoms with van der Waals surface area (Å²) in [6, 6.07) is 0. The van der Waals surface area contributed by atoms with Gasteiger partial charge in [-0.25, -0.2) is 0 Å². The topological polar surface area (TPSA) is 46.3 Å². The molecule has 88 valence electrons. The molecule has 0 aromatic carbocycles. The van der Waals surface area contributed by atoms with Crippen molar-refractivity contribution in [3.05, 3.63) is 12.7 Å². The van der Waals surface area contributed by atoms with Crippen molar-refractivity contribution < 1.29 is 4.79 Å². The van der Waals surface area contributed by atoms with Gasteiger partial charge in [0.15, 0.2) is 0 Å². The molecule has 1 atom stereocenters. The maximum atomic E-state index is 12.0. The fourth-order valence-electron chi connectivity index (χ4n) is 1.37. The van der Waals surface area contributed by atoms with E-state index in [2.05, 4.69) is 6.58 Å². The number of rotatable bonds is 5. The molecule has 0 fully saturated rings. The van der Waals surface area contributed by atoms with Crippen LogP contribution in [-0.2, 0) is 4.79 Å². The number of nitrogens with two attached hydrogens (primary N) is 1. The van der Waals surface area contributed by atoms with Gasteiger partial charge in [-0.05, 0) is 33.2 Å². The van der Waals surface area contributed by atoms with Crippen LogP contribution in [0, 0.1) is 5.92 Å². The highest BCUT2D eigenvalue weighted by atomic mass is 16.2. The minimum Gasteiger partial charge on any atom is -0.334 e. The molecule has 0 radical (unpaired) electrons. The monoisotopic (exact) mass is 212 g/mol. The van der Waals surface area contributed by atoms with Crippen LogP contribution in [0.1, 0.15) is 34.1 Å². The molecule has 0 aromatic heterocycles. The van der Waals surface area contributed by atoms with Gasteiger partial charge in [-0.3, -0.25) is 4.79 Å². The van der Waals surface area contributed by atoms with Crippen molar-refractivity contribution in [2.75, 3.05) is 13.1 Å². The molecule has 0 saturated heterocycles. The number of amides is 1. The van der Waals surface area contributed by atoms with Crippen LogP contribution in [0.4, 0.5) is 0 Å². The molecule has 1 unspecified atom stereocenters. The van der Waals surface area contributed by atoms with Crippen molar-refractivity contribution in [1.82, 2.24) is 4.90 Å². The van der Waals surface area contributed by atoms with Crippen LogP contribution >= 0.6 is 0 Å². The number of hydrogen-bond acceptors (Lipinski definition) is 2. The number of nitrogens with zero attached hydrogens (tertiary/aromatic N) is 1. The zero-order valence-electron chi connectivity index (χ0n) is 10.4. The molecule has 0 aliphatic heterocycles. The summed E-state index contributed by atoms with van der Waals surface area (Å²) in [7, 11) is 0. The molecule has 3 nitrogen and oxygen atoms in total. The molecule has 3 heteroatoms. The van der Waals surface area contributed by atoms with Gasteiger partial charge in [-0.1, -0.05) is 13.0 Å². The van der Waals surface area contributed by atoms with Gasteiger partial charge >= 0.3 is 0 Å². The van der Waals surface area contributed by atoms with Crippen molar-refractivity contribution in [2.45, 2.75) is 39.7 Å². The predicted molar refractivity (Wildman–Crippen MR) is 64.5 cm³/mol. The van der Waals surface area contributed by atoms with Crippen molar-refractivity contribution in [2.24, 2.45) is 11.7 Å². The van der Waals surface area contributed by atoms with E-state index in [0.29, 0.717) is 19.5 Å². The van der Waals surface area contributed by atoms with Crippen LogP contribution in [0.25, 0.3) is 0 Å². The van der Waals surface area contributed by atoms with Gasteiger partial charge in [0.05, 0.1) is 0 Å². The van der Waals surface area contributed by atoms with Gasteiger partial charge in [0.1, 0.15) is 0 Å². The second-order valence-electron chi connectivity index (χ2n) is 5.01. The Bertz CT molecular complexity index is 218. The number of carbonyl (C=O) groups is 1. The zero-order valence-corrected chi connectivity index (χ0v) is 10.4. The lowest BCUT2D eigenvalue weighted by Crippen LogP contribution is -2.46. The largest absolute Gasteiger partial charge is 0.334 e. The van der Waals surface area contributed by atoms with Gasteiger partial charge in [-0.2, -0.15) is 0 Å². The first-order valence-electron chi connectivity index (χ1n) is 5.44. The Morgan fingerprint density at radius 1 is 1.53 bits per heavy atom. The van der Waals surface area contributed by atoms with E-state index in [4.69, 9.17) is 5.73 Å². The summed E-state index contributed by atoms with van der Waals surface area (Å²) < 4.78 is 0. The van der Waals surface area contributed by atoms with Gasteiger partial charge < -0.3 is 10.6 Å². The molecular weight excluding hydrogens is 188 g/mol. The van der Waals surface area contributed by atoms with E-state index in [-0.39, 0.29) is 17.4 Å². The normalized spacial score (nSPS) is 13.4. The highest BCUT2D eigenvalue weighted by molar-refractivity contribution is 5.77. The molecule has 0 saturated carbocycles. The van der Waals surface area contributed by atoms with Crippen LogP contribution in [0.3, 0.4) is 0 Å². The van der Waals surface area contributed by atoms with Crippen molar-refractivity contribution in [3.8, 4) is 0 Å². The van der Waals surface area contributed by atoms with Crippen LogP contribution in [0.15, 0.2) is 12.7 Å². The molecule has 0 heterocycles. The standard InChI is InChI=1S/C12H24N2O/c1-6-7-14(12(3,4)5)11(15)8-10(2)9-13/h6,10H,1,7-9,13H2,2-5H3. The quantitative estimate of drug-likeness (QED) is 0.706. The lowest BCUT2D eigenvalue weighted by atomic mass is 10.0. The summed E-state index contributed by atoms with van der Waals surface area (Å²) in [6.45, 7) is 12.9. The van der Waals surface area contributed by atoms with Crippen LogP contribution < -0.4 is 5.73 Å². The Labute approximate surface area is 93.3 Å². The summed E-state index contributed by atoms with van der Waals surface area (Å²) in [5.74, 6) is 0.396. The highest BCUT2D eigenvalue weighted by Gasteiger charge is 2.25. The molecular formula is C12H24N2O. The minimum atomic E-state index is -0.153. The maximum Gasteiger partial charge on any atom is 0.223 e. The fourth-order valence-corrected chi connectivity index (χ4v) is 1.37. The van der Waals surface area contributed by atoms with E-state index >= 15 is 0 Å². The Morgan fingerprint density at radius 2 is 2.07 bits per heavy atom. The molecule has 2 N–H and O–H groups in total. The molecule has 15 heavy (non-hydrogen) atoms. The van der Waals surface area contributed by atoms with Crippen molar-refractivity contribution in [3.63, 3.8) is 0 Å². The summed E-state index contributed by atoms with van der Waals surface area (Å²) in [5.41, 5.74) is 5.36. The molecule has 0 aliphatic rings. The van der Waals surface area contributed by atoms with Gasteiger partial charge in [0.2, 0.25) is 5.91 Å².